The lowest BCUT2D eigenvalue weighted by Crippen LogP contribution is -2.32. The Morgan fingerprint density at radius 1 is 1.12 bits per heavy atom. The number of fused-ring (bicyclic) bond motifs is 1. The lowest BCUT2D eigenvalue weighted by Gasteiger charge is -2.19. The summed E-state index contributed by atoms with van der Waals surface area (Å²) in [6.45, 7) is 2.95. The van der Waals surface area contributed by atoms with E-state index in [1.54, 1.807) is 28.0 Å². The molecule has 0 saturated heterocycles. The molecule has 0 N–H and O–H groups in total. The van der Waals surface area contributed by atoms with E-state index >= 15 is 0 Å². The number of thiazole rings is 1. The van der Waals surface area contributed by atoms with Gasteiger partial charge in [0.05, 0.1) is 22.5 Å². The van der Waals surface area contributed by atoms with Crippen molar-refractivity contribution >= 4 is 32.6 Å². The first-order chi connectivity index (χ1) is 12.8. The van der Waals surface area contributed by atoms with Gasteiger partial charge in [-0.05, 0) is 37.3 Å². The van der Waals surface area contributed by atoms with Crippen LogP contribution in [0.25, 0.3) is 10.2 Å². The first-order valence-corrected chi connectivity index (χ1v) is 9.17. The fourth-order valence-electron chi connectivity index (χ4n) is 2.76. The molecule has 0 spiro atoms. The molecule has 0 unspecified atom stereocenters. The highest BCUT2D eigenvalue weighted by Crippen LogP contribution is 2.30. The third-order valence-corrected chi connectivity index (χ3v) is 5.10. The van der Waals surface area contributed by atoms with Gasteiger partial charge in [0.25, 0.3) is 5.91 Å². The molecule has 0 bridgehead atoms. The summed E-state index contributed by atoms with van der Waals surface area (Å²) in [6, 6.07) is 15.3. The van der Waals surface area contributed by atoms with E-state index in [4.69, 9.17) is 0 Å². The number of aryl methyl sites for hydroxylation is 1. The van der Waals surface area contributed by atoms with Crippen LogP contribution in [0.1, 0.15) is 23.1 Å². The Bertz CT molecular complexity index is 1010. The van der Waals surface area contributed by atoms with Crippen molar-refractivity contribution in [2.24, 2.45) is 0 Å². The molecule has 6 nitrogen and oxygen atoms in total. The van der Waals surface area contributed by atoms with Crippen LogP contribution in [0.15, 0.2) is 60.9 Å². The normalized spacial score (nSPS) is 11.0. The first kappa shape index (κ1) is 16.4. The Morgan fingerprint density at radius 3 is 2.73 bits per heavy atom. The lowest BCUT2D eigenvalue weighted by atomic mass is 10.3. The van der Waals surface area contributed by atoms with Gasteiger partial charge in [0.15, 0.2) is 5.13 Å². The van der Waals surface area contributed by atoms with Crippen LogP contribution in [-0.4, -0.2) is 25.7 Å². The van der Waals surface area contributed by atoms with Gasteiger partial charge in [-0.15, -0.1) is 0 Å². The second-order valence-electron chi connectivity index (χ2n) is 5.71. The van der Waals surface area contributed by atoms with Crippen molar-refractivity contribution in [2.75, 3.05) is 4.90 Å². The van der Waals surface area contributed by atoms with Crippen molar-refractivity contribution < 1.29 is 4.79 Å². The zero-order valence-corrected chi connectivity index (χ0v) is 15.1. The van der Waals surface area contributed by atoms with Crippen LogP contribution in [0, 0.1) is 0 Å². The molecule has 0 atom stereocenters. The molecule has 3 heterocycles. The molecule has 1 aromatic carbocycles. The molecule has 0 aliphatic rings. The zero-order valence-electron chi connectivity index (χ0n) is 14.2. The average molecular weight is 363 g/mol. The van der Waals surface area contributed by atoms with E-state index < -0.39 is 0 Å². The Kier molecular flexibility index (Phi) is 4.45. The van der Waals surface area contributed by atoms with Crippen LogP contribution in [-0.2, 0) is 13.1 Å². The van der Waals surface area contributed by atoms with Crippen LogP contribution >= 0.6 is 11.3 Å². The van der Waals surface area contributed by atoms with E-state index in [1.807, 2.05) is 49.4 Å². The summed E-state index contributed by atoms with van der Waals surface area (Å²) >= 11 is 1.50. The fourth-order valence-corrected chi connectivity index (χ4v) is 3.72. The van der Waals surface area contributed by atoms with Crippen LogP contribution in [0.2, 0.25) is 0 Å². The summed E-state index contributed by atoms with van der Waals surface area (Å²) in [5, 5.41) is 4.88. The Labute approximate surface area is 154 Å². The van der Waals surface area contributed by atoms with Crippen molar-refractivity contribution in [3.8, 4) is 0 Å². The largest absolute Gasteiger partial charge is 0.278 e. The summed E-state index contributed by atoms with van der Waals surface area (Å²) in [4.78, 5) is 24.0. The summed E-state index contributed by atoms with van der Waals surface area (Å²) in [5.41, 5.74) is 2.24. The van der Waals surface area contributed by atoms with E-state index in [1.165, 1.54) is 11.3 Å². The number of rotatable bonds is 5. The van der Waals surface area contributed by atoms with Crippen molar-refractivity contribution in [3.05, 3.63) is 72.3 Å². The van der Waals surface area contributed by atoms with Crippen LogP contribution in [0.4, 0.5) is 5.13 Å². The van der Waals surface area contributed by atoms with Crippen molar-refractivity contribution in [1.82, 2.24) is 19.7 Å². The summed E-state index contributed by atoms with van der Waals surface area (Å²) in [5.74, 6) is -0.131. The van der Waals surface area contributed by atoms with Gasteiger partial charge in [0, 0.05) is 18.9 Å². The third-order valence-electron chi connectivity index (χ3n) is 4.04. The number of pyridine rings is 1. The second kappa shape index (κ2) is 7.05. The average Bonchev–Trinajstić information content (AvgIpc) is 3.32. The predicted octanol–water partition coefficient (Wildman–Crippen LogP) is 3.75. The van der Waals surface area contributed by atoms with Crippen molar-refractivity contribution in [3.63, 3.8) is 0 Å². The minimum atomic E-state index is -0.131. The Morgan fingerprint density at radius 2 is 1.96 bits per heavy atom. The van der Waals surface area contributed by atoms with E-state index in [0.29, 0.717) is 23.9 Å². The van der Waals surface area contributed by atoms with E-state index in [2.05, 4.69) is 15.1 Å². The molecule has 0 radical (unpaired) electrons. The molecule has 4 rings (SSSR count). The maximum atomic E-state index is 13.3. The van der Waals surface area contributed by atoms with Crippen molar-refractivity contribution in [2.45, 2.75) is 20.0 Å². The number of amides is 1. The van der Waals surface area contributed by atoms with Crippen molar-refractivity contribution in [1.29, 1.82) is 0 Å². The lowest BCUT2D eigenvalue weighted by molar-refractivity contribution is 0.0974. The quantitative estimate of drug-likeness (QED) is 0.542. The number of carbonyl (C=O) groups is 1. The monoisotopic (exact) mass is 363 g/mol. The van der Waals surface area contributed by atoms with E-state index in [0.717, 1.165) is 15.9 Å². The van der Waals surface area contributed by atoms with Crippen LogP contribution in [0.5, 0.6) is 0 Å². The third kappa shape index (κ3) is 3.09. The van der Waals surface area contributed by atoms with Crippen LogP contribution in [0.3, 0.4) is 0 Å². The van der Waals surface area contributed by atoms with E-state index in [9.17, 15) is 4.79 Å². The van der Waals surface area contributed by atoms with Gasteiger partial charge >= 0.3 is 0 Å². The maximum Gasteiger partial charge on any atom is 0.278 e. The number of nitrogens with zero attached hydrogens (tertiary/aromatic N) is 5. The molecule has 7 heteroatoms. The highest BCUT2D eigenvalue weighted by Gasteiger charge is 2.24. The minimum Gasteiger partial charge on any atom is -0.277 e. The Hall–Kier alpha value is -3.06. The highest BCUT2D eigenvalue weighted by molar-refractivity contribution is 7.22. The summed E-state index contributed by atoms with van der Waals surface area (Å²) < 4.78 is 2.74. The predicted molar refractivity (Wildman–Crippen MR) is 102 cm³/mol. The summed E-state index contributed by atoms with van der Waals surface area (Å²) in [7, 11) is 0. The van der Waals surface area contributed by atoms with Gasteiger partial charge in [-0.25, -0.2) is 4.98 Å². The SMILES string of the molecule is CCn1nccc1C(=O)N(Cc1ccccn1)c1nc2ccccc2s1. The molecular weight excluding hydrogens is 346 g/mol. The Balaban J connectivity index is 1.77. The number of anilines is 1. The molecule has 0 saturated carbocycles. The molecule has 130 valence electrons. The molecule has 26 heavy (non-hydrogen) atoms. The smallest absolute Gasteiger partial charge is 0.277 e. The number of para-hydroxylation sites is 1. The molecule has 4 aromatic rings. The number of benzene rings is 1. The zero-order chi connectivity index (χ0) is 17.9. The molecule has 1 amide bonds. The van der Waals surface area contributed by atoms with Gasteiger partial charge in [-0.1, -0.05) is 29.5 Å². The number of hydrogen-bond acceptors (Lipinski definition) is 5. The highest BCUT2D eigenvalue weighted by atomic mass is 32.1. The standard InChI is InChI=1S/C19H17N5OS/c1-2-24-16(10-12-21-24)18(25)23(13-14-7-5-6-11-20-14)19-22-15-8-3-4-9-17(15)26-19/h3-12H,2,13H2,1H3. The summed E-state index contributed by atoms with van der Waals surface area (Å²) in [6.07, 6.45) is 3.38. The maximum absolute atomic E-state index is 13.3. The van der Waals surface area contributed by atoms with Gasteiger partial charge in [0.1, 0.15) is 5.69 Å². The molecule has 0 aliphatic carbocycles. The molecule has 0 fully saturated rings. The fraction of sp³-hybridized carbons (Fsp3) is 0.158. The topological polar surface area (TPSA) is 63.9 Å². The first-order valence-electron chi connectivity index (χ1n) is 8.35. The molecule has 3 aromatic heterocycles. The van der Waals surface area contributed by atoms with Crippen LogP contribution < -0.4 is 4.90 Å². The number of carbonyl (C=O) groups excluding carboxylic acids is 1. The molecule has 0 aliphatic heterocycles. The number of hydrogen-bond donors (Lipinski definition) is 0. The minimum absolute atomic E-state index is 0.131. The van der Waals surface area contributed by atoms with E-state index in [-0.39, 0.29) is 5.91 Å². The van der Waals surface area contributed by atoms with Gasteiger partial charge < -0.3 is 0 Å². The molecular formula is C19H17N5OS. The van der Waals surface area contributed by atoms with Gasteiger partial charge in [-0.2, -0.15) is 5.10 Å². The second-order valence-corrected chi connectivity index (χ2v) is 6.72. The van der Waals surface area contributed by atoms with Gasteiger partial charge in [-0.3, -0.25) is 19.4 Å². The van der Waals surface area contributed by atoms with Gasteiger partial charge in [0.2, 0.25) is 0 Å². The number of aromatic nitrogens is 4.